The number of nitro groups is 1. The van der Waals surface area contributed by atoms with Gasteiger partial charge in [-0.1, -0.05) is 19.1 Å². The number of non-ortho nitro benzene ring substituents is 1. The third kappa shape index (κ3) is 4.41. The van der Waals surface area contributed by atoms with E-state index in [4.69, 9.17) is 4.74 Å². The van der Waals surface area contributed by atoms with E-state index < -0.39 is 10.8 Å². The highest BCUT2D eigenvalue weighted by molar-refractivity contribution is 6.08. The minimum Gasteiger partial charge on any atom is -0.496 e. The van der Waals surface area contributed by atoms with E-state index >= 15 is 0 Å². The number of nitrogens with zero attached hydrogens (tertiary/aromatic N) is 3. The summed E-state index contributed by atoms with van der Waals surface area (Å²) in [6.07, 6.45) is 2.03. The molecule has 2 aromatic carbocycles. The van der Waals surface area contributed by atoms with Gasteiger partial charge in [-0.25, -0.2) is 0 Å². The van der Waals surface area contributed by atoms with Crippen LogP contribution < -0.4 is 15.0 Å². The first-order valence-corrected chi connectivity index (χ1v) is 10.5. The highest BCUT2D eigenvalue weighted by atomic mass is 16.6. The lowest BCUT2D eigenvalue weighted by molar-refractivity contribution is -0.384. The van der Waals surface area contributed by atoms with Crippen molar-refractivity contribution >= 4 is 23.1 Å². The van der Waals surface area contributed by atoms with Crippen LogP contribution in [0.4, 0.5) is 17.2 Å². The van der Waals surface area contributed by atoms with Crippen molar-refractivity contribution in [2.24, 2.45) is 5.92 Å². The lowest BCUT2D eigenvalue weighted by Crippen LogP contribution is -2.34. The van der Waals surface area contributed by atoms with Gasteiger partial charge in [0.15, 0.2) is 5.82 Å². The van der Waals surface area contributed by atoms with Crippen molar-refractivity contribution in [3.63, 3.8) is 0 Å². The van der Waals surface area contributed by atoms with Crippen LogP contribution in [0.5, 0.6) is 5.75 Å². The van der Waals surface area contributed by atoms with Crippen LogP contribution in [-0.2, 0) is 0 Å². The first-order chi connectivity index (χ1) is 15.5. The zero-order chi connectivity index (χ0) is 22.7. The van der Waals surface area contributed by atoms with Gasteiger partial charge in [-0.2, -0.15) is 5.10 Å². The molecule has 9 heteroatoms. The molecule has 1 amide bonds. The number of carbonyl (C=O) groups excluding carboxylic acids is 1. The molecule has 0 bridgehead atoms. The Morgan fingerprint density at radius 1 is 1.22 bits per heavy atom. The molecule has 0 unspecified atom stereocenters. The largest absolute Gasteiger partial charge is 0.496 e. The van der Waals surface area contributed by atoms with E-state index in [9.17, 15) is 14.9 Å². The normalized spacial score (nSPS) is 14.2. The summed E-state index contributed by atoms with van der Waals surface area (Å²) in [6.45, 7) is 3.82. The molecule has 0 aliphatic carbocycles. The van der Waals surface area contributed by atoms with Crippen LogP contribution in [0.15, 0.2) is 48.5 Å². The molecule has 4 rings (SSSR count). The van der Waals surface area contributed by atoms with Crippen molar-refractivity contribution in [2.75, 3.05) is 30.4 Å². The predicted molar refractivity (Wildman–Crippen MR) is 122 cm³/mol. The fourth-order valence-electron chi connectivity index (χ4n) is 3.92. The Morgan fingerprint density at radius 3 is 2.69 bits per heavy atom. The molecule has 166 valence electrons. The molecule has 1 fully saturated rings. The van der Waals surface area contributed by atoms with Crippen molar-refractivity contribution in [3.05, 3.63) is 64.2 Å². The number of anilines is 2. The Morgan fingerprint density at radius 2 is 1.97 bits per heavy atom. The second-order valence-corrected chi connectivity index (χ2v) is 7.95. The number of hydrogen-bond acceptors (Lipinski definition) is 6. The van der Waals surface area contributed by atoms with Gasteiger partial charge in [0.2, 0.25) is 0 Å². The molecule has 2 N–H and O–H groups in total. The Bertz CT molecular complexity index is 1130. The van der Waals surface area contributed by atoms with Gasteiger partial charge < -0.3 is 15.0 Å². The van der Waals surface area contributed by atoms with Gasteiger partial charge >= 0.3 is 0 Å². The number of aromatic nitrogens is 2. The Labute approximate surface area is 185 Å². The molecule has 1 aromatic heterocycles. The molecule has 0 saturated carbocycles. The third-order valence-electron chi connectivity index (χ3n) is 5.78. The quantitative estimate of drug-likeness (QED) is 0.436. The van der Waals surface area contributed by atoms with Crippen LogP contribution >= 0.6 is 0 Å². The van der Waals surface area contributed by atoms with Gasteiger partial charge in [0.1, 0.15) is 5.75 Å². The number of piperidine rings is 1. The smallest absolute Gasteiger partial charge is 0.270 e. The maximum Gasteiger partial charge on any atom is 0.270 e. The fourth-order valence-corrected chi connectivity index (χ4v) is 3.92. The molecule has 1 saturated heterocycles. The van der Waals surface area contributed by atoms with E-state index in [0.717, 1.165) is 31.5 Å². The summed E-state index contributed by atoms with van der Waals surface area (Å²) >= 11 is 0. The third-order valence-corrected chi connectivity index (χ3v) is 5.78. The zero-order valence-corrected chi connectivity index (χ0v) is 18.0. The Balaban J connectivity index is 1.61. The van der Waals surface area contributed by atoms with Crippen molar-refractivity contribution in [2.45, 2.75) is 19.8 Å². The number of nitrogens with one attached hydrogen (secondary N) is 2. The minimum absolute atomic E-state index is 0.124. The summed E-state index contributed by atoms with van der Waals surface area (Å²) in [6, 6.07) is 13.6. The lowest BCUT2D eigenvalue weighted by Gasteiger charge is -2.33. The first-order valence-electron chi connectivity index (χ1n) is 10.5. The predicted octanol–water partition coefficient (Wildman–Crippen LogP) is 4.48. The first kappa shape index (κ1) is 21.4. The number of H-pyrrole nitrogens is 1. The van der Waals surface area contributed by atoms with Crippen LogP contribution in [0.25, 0.3) is 11.3 Å². The summed E-state index contributed by atoms with van der Waals surface area (Å²) in [5.41, 5.74) is 2.32. The van der Waals surface area contributed by atoms with E-state index in [0.29, 0.717) is 28.9 Å². The van der Waals surface area contributed by atoms with E-state index in [-0.39, 0.29) is 11.3 Å². The number of benzene rings is 2. The Hall–Kier alpha value is -3.88. The maximum atomic E-state index is 13.1. The van der Waals surface area contributed by atoms with Crippen molar-refractivity contribution < 1.29 is 14.5 Å². The van der Waals surface area contributed by atoms with E-state index in [2.05, 4.69) is 27.3 Å². The highest BCUT2D eigenvalue weighted by Gasteiger charge is 2.24. The number of aromatic amines is 1. The molecule has 1 aliphatic heterocycles. The average molecular weight is 435 g/mol. The van der Waals surface area contributed by atoms with E-state index in [1.54, 1.807) is 19.2 Å². The molecule has 0 radical (unpaired) electrons. The number of para-hydroxylation sites is 1. The van der Waals surface area contributed by atoms with Crippen molar-refractivity contribution in [3.8, 4) is 17.0 Å². The van der Waals surface area contributed by atoms with Crippen molar-refractivity contribution in [1.82, 2.24) is 10.2 Å². The van der Waals surface area contributed by atoms with Crippen molar-refractivity contribution in [1.29, 1.82) is 0 Å². The topological polar surface area (TPSA) is 113 Å². The van der Waals surface area contributed by atoms with Gasteiger partial charge in [0, 0.05) is 36.9 Å². The zero-order valence-electron chi connectivity index (χ0n) is 18.0. The second kappa shape index (κ2) is 9.09. The Kier molecular flexibility index (Phi) is 6.07. The summed E-state index contributed by atoms with van der Waals surface area (Å²) in [5, 5.41) is 21.2. The second-order valence-electron chi connectivity index (χ2n) is 7.95. The summed E-state index contributed by atoms with van der Waals surface area (Å²) < 4.78 is 5.38. The lowest BCUT2D eigenvalue weighted by atomic mass is 9.98. The SMILES string of the molecule is COc1ccccc1-c1cc(NC(=O)c2cc([N+](=O)[O-])ccc2N2CCC(C)CC2)n[nH]1. The molecule has 0 atom stereocenters. The van der Waals surface area contributed by atoms with Gasteiger partial charge in [-0.05, 0) is 37.0 Å². The van der Waals surface area contributed by atoms with Crippen LogP contribution in [-0.4, -0.2) is 41.2 Å². The molecule has 32 heavy (non-hydrogen) atoms. The van der Waals surface area contributed by atoms with Gasteiger partial charge in [-0.3, -0.25) is 20.0 Å². The molecule has 9 nitrogen and oxygen atoms in total. The van der Waals surface area contributed by atoms with Gasteiger partial charge in [0.25, 0.3) is 11.6 Å². The number of amides is 1. The monoisotopic (exact) mass is 435 g/mol. The molecule has 1 aliphatic rings. The molecule has 2 heterocycles. The number of ether oxygens (including phenoxy) is 1. The summed E-state index contributed by atoms with van der Waals surface area (Å²) in [5.74, 6) is 1.18. The minimum atomic E-state index is -0.493. The highest BCUT2D eigenvalue weighted by Crippen LogP contribution is 2.31. The van der Waals surface area contributed by atoms with Crippen LogP contribution in [0.2, 0.25) is 0 Å². The van der Waals surface area contributed by atoms with Crippen LogP contribution in [0.1, 0.15) is 30.1 Å². The van der Waals surface area contributed by atoms with E-state index in [1.165, 1.54) is 12.1 Å². The molecular formula is C23H25N5O4. The summed E-state index contributed by atoms with van der Waals surface area (Å²) in [4.78, 5) is 26.1. The molecule has 3 aromatic rings. The average Bonchev–Trinajstić information content (AvgIpc) is 3.27. The number of rotatable bonds is 6. The fraction of sp³-hybridized carbons (Fsp3) is 0.304. The summed E-state index contributed by atoms with van der Waals surface area (Å²) in [7, 11) is 1.59. The number of hydrogen-bond donors (Lipinski definition) is 2. The van der Waals surface area contributed by atoms with Gasteiger partial charge in [-0.15, -0.1) is 0 Å². The molecule has 0 spiro atoms. The van der Waals surface area contributed by atoms with Crippen LogP contribution in [0.3, 0.4) is 0 Å². The number of nitro benzene ring substituents is 1. The standard InChI is InChI=1S/C23H25N5O4/c1-15-9-11-27(12-10-15)20-8-7-16(28(30)31)13-18(20)23(29)24-22-14-19(25-26-22)17-5-3-4-6-21(17)32-2/h3-8,13-15H,9-12H2,1-2H3,(H2,24,25,26,29). The number of methoxy groups -OCH3 is 1. The maximum absolute atomic E-state index is 13.1. The van der Waals surface area contributed by atoms with Gasteiger partial charge in [0.05, 0.1) is 29.0 Å². The molecular weight excluding hydrogens is 410 g/mol. The van der Waals surface area contributed by atoms with E-state index in [1.807, 2.05) is 24.3 Å². The van der Waals surface area contributed by atoms with Crippen LogP contribution in [0, 0.1) is 16.0 Å². The number of carbonyl (C=O) groups is 1.